The molecule has 2 aromatic rings. The molecule has 0 saturated heterocycles. The van der Waals surface area contributed by atoms with Crippen molar-refractivity contribution in [3.63, 3.8) is 0 Å². The first-order valence-electron chi connectivity index (χ1n) is 6.92. The Balaban J connectivity index is 1.82. The van der Waals surface area contributed by atoms with Gasteiger partial charge in [0, 0.05) is 17.1 Å². The lowest BCUT2D eigenvalue weighted by Gasteiger charge is -2.16. The predicted octanol–water partition coefficient (Wildman–Crippen LogP) is 2.76. The smallest absolute Gasteiger partial charge is 0.0815 e. The summed E-state index contributed by atoms with van der Waals surface area (Å²) in [7, 11) is 0. The second kappa shape index (κ2) is 8.20. The molecule has 2 rings (SSSR count). The van der Waals surface area contributed by atoms with E-state index in [0.29, 0.717) is 12.2 Å². The molecule has 0 fully saturated rings. The molecule has 0 aliphatic heterocycles. The number of rotatable bonds is 7. The van der Waals surface area contributed by atoms with Crippen molar-refractivity contribution in [2.24, 2.45) is 0 Å². The van der Waals surface area contributed by atoms with Crippen molar-refractivity contribution in [1.29, 1.82) is 0 Å². The van der Waals surface area contributed by atoms with Crippen LogP contribution in [0.3, 0.4) is 0 Å². The van der Waals surface area contributed by atoms with Crippen LogP contribution < -0.4 is 0 Å². The number of hydrogen-bond acceptors (Lipinski definition) is 4. The third kappa shape index (κ3) is 5.17. The van der Waals surface area contributed by atoms with E-state index in [2.05, 4.69) is 0 Å². The van der Waals surface area contributed by atoms with Crippen molar-refractivity contribution in [2.45, 2.75) is 30.1 Å². The highest BCUT2D eigenvalue weighted by Gasteiger charge is 2.14. The normalized spacial score (nSPS) is 13.9. The first kappa shape index (κ1) is 16.0. The average Bonchev–Trinajstić information content (AvgIpc) is 2.54. The Morgan fingerprint density at radius 3 is 2.19 bits per heavy atom. The standard InChI is InChI=1S/C17H20O3S/c18-11-13-6-8-14(9-7-13)17(20)10-15(19)12-21-16-4-2-1-3-5-16/h1-9,15,17-20H,10-12H2/t15-,17+/m0/s1. The molecule has 0 aromatic heterocycles. The van der Waals surface area contributed by atoms with Crippen LogP contribution in [-0.2, 0) is 6.61 Å². The van der Waals surface area contributed by atoms with Gasteiger partial charge in [-0.1, -0.05) is 42.5 Å². The molecule has 2 aromatic carbocycles. The van der Waals surface area contributed by atoms with Crippen LogP contribution in [0.4, 0.5) is 0 Å². The molecule has 2 atom stereocenters. The number of thioether (sulfide) groups is 1. The van der Waals surface area contributed by atoms with Crippen molar-refractivity contribution in [3.8, 4) is 0 Å². The molecular formula is C17H20O3S. The summed E-state index contributed by atoms with van der Waals surface area (Å²) in [6, 6.07) is 17.0. The first-order valence-corrected chi connectivity index (χ1v) is 7.91. The third-order valence-corrected chi connectivity index (χ3v) is 4.38. The maximum atomic E-state index is 10.1. The maximum Gasteiger partial charge on any atom is 0.0815 e. The van der Waals surface area contributed by atoms with Gasteiger partial charge in [-0.2, -0.15) is 0 Å². The lowest BCUT2D eigenvalue weighted by molar-refractivity contribution is 0.0931. The zero-order valence-corrected chi connectivity index (χ0v) is 12.5. The van der Waals surface area contributed by atoms with Crippen molar-refractivity contribution in [3.05, 3.63) is 65.7 Å². The van der Waals surface area contributed by atoms with E-state index in [1.54, 1.807) is 36.0 Å². The minimum Gasteiger partial charge on any atom is -0.392 e. The summed E-state index contributed by atoms with van der Waals surface area (Å²) < 4.78 is 0. The van der Waals surface area contributed by atoms with Gasteiger partial charge in [-0.3, -0.25) is 0 Å². The van der Waals surface area contributed by atoms with Crippen molar-refractivity contribution < 1.29 is 15.3 Å². The monoisotopic (exact) mass is 304 g/mol. The van der Waals surface area contributed by atoms with Gasteiger partial charge in [0.25, 0.3) is 0 Å². The first-order chi connectivity index (χ1) is 10.2. The van der Waals surface area contributed by atoms with Crippen LogP contribution in [0.5, 0.6) is 0 Å². The van der Waals surface area contributed by atoms with Gasteiger partial charge in [-0.05, 0) is 23.3 Å². The SMILES string of the molecule is OCc1ccc([C@H](O)C[C@H](O)CSc2ccccc2)cc1. The Morgan fingerprint density at radius 1 is 0.905 bits per heavy atom. The van der Waals surface area contributed by atoms with Crippen LogP contribution in [-0.4, -0.2) is 27.2 Å². The fourth-order valence-corrected chi connectivity index (χ4v) is 2.89. The van der Waals surface area contributed by atoms with Crippen LogP contribution in [0.15, 0.2) is 59.5 Å². The molecule has 0 heterocycles. The van der Waals surface area contributed by atoms with E-state index in [4.69, 9.17) is 5.11 Å². The second-order valence-electron chi connectivity index (χ2n) is 4.93. The van der Waals surface area contributed by atoms with Crippen LogP contribution in [0, 0.1) is 0 Å². The third-order valence-electron chi connectivity index (χ3n) is 3.23. The summed E-state index contributed by atoms with van der Waals surface area (Å²) in [6.45, 7) is -0.00723. The van der Waals surface area contributed by atoms with Crippen molar-refractivity contribution >= 4 is 11.8 Å². The molecule has 0 aliphatic carbocycles. The van der Waals surface area contributed by atoms with E-state index < -0.39 is 12.2 Å². The van der Waals surface area contributed by atoms with E-state index in [9.17, 15) is 10.2 Å². The van der Waals surface area contributed by atoms with Gasteiger partial charge in [-0.25, -0.2) is 0 Å². The number of aliphatic hydroxyl groups is 3. The van der Waals surface area contributed by atoms with Gasteiger partial charge in [-0.15, -0.1) is 11.8 Å². The van der Waals surface area contributed by atoms with Crippen LogP contribution in [0.2, 0.25) is 0 Å². The summed E-state index contributed by atoms with van der Waals surface area (Å²) in [5.41, 5.74) is 1.57. The highest BCUT2D eigenvalue weighted by molar-refractivity contribution is 7.99. The zero-order valence-electron chi connectivity index (χ0n) is 11.7. The largest absolute Gasteiger partial charge is 0.392 e. The lowest BCUT2D eigenvalue weighted by Crippen LogP contribution is -2.15. The van der Waals surface area contributed by atoms with Crippen LogP contribution in [0.1, 0.15) is 23.7 Å². The number of aliphatic hydroxyl groups excluding tert-OH is 3. The van der Waals surface area contributed by atoms with Gasteiger partial charge < -0.3 is 15.3 Å². The van der Waals surface area contributed by atoms with Gasteiger partial charge in [0.05, 0.1) is 18.8 Å². The Labute approximate surface area is 129 Å². The van der Waals surface area contributed by atoms with E-state index >= 15 is 0 Å². The van der Waals surface area contributed by atoms with Crippen LogP contribution >= 0.6 is 11.8 Å². The maximum absolute atomic E-state index is 10.1. The molecule has 0 aliphatic rings. The summed E-state index contributed by atoms with van der Waals surface area (Å²) in [6.07, 6.45) is -0.954. The molecule has 0 unspecified atom stereocenters. The second-order valence-corrected chi connectivity index (χ2v) is 6.02. The number of benzene rings is 2. The summed E-state index contributed by atoms with van der Waals surface area (Å²) in [5, 5.41) is 29.1. The average molecular weight is 304 g/mol. The molecule has 0 spiro atoms. The van der Waals surface area contributed by atoms with Gasteiger partial charge in [0.15, 0.2) is 0 Å². The Morgan fingerprint density at radius 2 is 1.57 bits per heavy atom. The fraction of sp³-hybridized carbons (Fsp3) is 0.294. The van der Waals surface area contributed by atoms with Crippen LogP contribution in [0.25, 0.3) is 0 Å². The fourth-order valence-electron chi connectivity index (χ4n) is 2.02. The Bertz CT molecular complexity index is 527. The number of hydrogen-bond donors (Lipinski definition) is 3. The molecule has 0 saturated carbocycles. The molecule has 4 heteroatoms. The summed E-state index contributed by atoms with van der Waals surface area (Å²) >= 11 is 1.58. The van der Waals surface area contributed by atoms with Gasteiger partial charge in [0.1, 0.15) is 0 Å². The molecular weight excluding hydrogens is 284 g/mol. The van der Waals surface area contributed by atoms with E-state index in [-0.39, 0.29) is 6.61 Å². The molecule has 3 nitrogen and oxygen atoms in total. The van der Waals surface area contributed by atoms with E-state index in [1.165, 1.54) is 0 Å². The highest BCUT2D eigenvalue weighted by atomic mass is 32.2. The topological polar surface area (TPSA) is 60.7 Å². The minimum absolute atomic E-state index is 0.00723. The van der Waals surface area contributed by atoms with Crippen molar-refractivity contribution in [1.82, 2.24) is 0 Å². The quantitative estimate of drug-likeness (QED) is 0.688. The Hall–Kier alpha value is -1.33. The highest BCUT2D eigenvalue weighted by Crippen LogP contribution is 2.23. The predicted molar refractivity (Wildman–Crippen MR) is 85.1 cm³/mol. The van der Waals surface area contributed by atoms with E-state index in [0.717, 1.165) is 16.0 Å². The van der Waals surface area contributed by atoms with Gasteiger partial charge in [0.2, 0.25) is 0 Å². The Kier molecular flexibility index (Phi) is 6.26. The lowest BCUT2D eigenvalue weighted by atomic mass is 10.0. The molecule has 21 heavy (non-hydrogen) atoms. The molecule has 0 bridgehead atoms. The van der Waals surface area contributed by atoms with Gasteiger partial charge >= 0.3 is 0 Å². The molecule has 0 amide bonds. The molecule has 3 N–H and O–H groups in total. The summed E-state index contributed by atoms with van der Waals surface area (Å²) in [4.78, 5) is 1.11. The summed E-state index contributed by atoms with van der Waals surface area (Å²) in [5.74, 6) is 0.551. The molecule has 112 valence electrons. The minimum atomic E-state index is -0.691. The van der Waals surface area contributed by atoms with Crippen molar-refractivity contribution in [2.75, 3.05) is 5.75 Å². The van der Waals surface area contributed by atoms with E-state index in [1.807, 2.05) is 30.3 Å². The zero-order chi connectivity index (χ0) is 15.1. The molecule has 0 radical (unpaired) electrons.